The first-order valence-corrected chi connectivity index (χ1v) is 8.92. The zero-order valence-corrected chi connectivity index (χ0v) is 15.6. The number of carbonyl (C=O) groups excluding carboxylic acids is 1. The van der Waals surface area contributed by atoms with Crippen molar-refractivity contribution in [3.8, 4) is 0 Å². The van der Waals surface area contributed by atoms with E-state index in [9.17, 15) is 9.18 Å². The van der Waals surface area contributed by atoms with Gasteiger partial charge in [0.15, 0.2) is 0 Å². The zero-order valence-electron chi connectivity index (χ0n) is 13.4. The van der Waals surface area contributed by atoms with Gasteiger partial charge in [0, 0.05) is 22.2 Å². The second kappa shape index (κ2) is 8.39. The van der Waals surface area contributed by atoms with Crippen molar-refractivity contribution in [2.75, 3.05) is 31.2 Å². The van der Waals surface area contributed by atoms with E-state index in [0.29, 0.717) is 43.1 Å². The summed E-state index contributed by atoms with van der Waals surface area (Å²) in [5.74, 6) is -0.616. The van der Waals surface area contributed by atoms with E-state index in [2.05, 4.69) is 33.1 Å². The molecule has 25 heavy (non-hydrogen) atoms. The molecule has 0 bridgehead atoms. The molecule has 1 aliphatic heterocycles. The number of hydrazone groups is 1. The van der Waals surface area contributed by atoms with Gasteiger partial charge in [-0.15, -0.1) is 0 Å². The minimum atomic E-state index is -0.310. The molecular formula is C18H17FIN3O2. The molecule has 0 atom stereocenters. The van der Waals surface area contributed by atoms with Crippen LogP contribution < -0.4 is 10.3 Å². The summed E-state index contributed by atoms with van der Waals surface area (Å²) in [4.78, 5) is 14.0. The van der Waals surface area contributed by atoms with Gasteiger partial charge in [-0.25, -0.2) is 9.82 Å². The first-order chi connectivity index (χ1) is 12.1. The van der Waals surface area contributed by atoms with E-state index >= 15 is 0 Å². The summed E-state index contributed by atoms with van der Waals surface area (Å²) in [5.41, 5.74) is 4.12. The number of nitrogens with one attached hydrogen (secondary N) is 1. The minimum Gasteiger partial charge on any atom is -0.378 e. The summed E-state index contributed by atoms with van der Waals surface area (Å²) in [6, 6.07) is 12.1. The topological polar surface area (TPSA) is 53.9 Å². The number of hydrogen-bond acceptors (Lipinski definition) is 4. The average molecular weight is 453 g/mol. The highest BCUT2D eigenvalue weighted by atomic mass is 127. The number of halogens is 2. The lowest BCUT2D eigenvalue weighted by atomic mass is 10.2. The summed E-state index contributed by atoms with van der Waals surface area (Å²) < 4.78 is 20.5. The Balaban J connectivity index is 1.63. The van der Waals surface area contributed by atoms with Gasteiger partial charge in [-0.1, -0.05) is 12.1 Å². The van der Waals surface area contributed by atoms with Crippen LogP contribution in [-0.4, -0.2) is 38.4 Å². The molecule has 1 fully saturated rings. The van der Waals surface area contributed by atoms with Crippen LogP contribution in [0.2, 0.25) is 0 Å². The summed E-state index contributed by atoms with van der Waals surface area (Å²) in [7, 11) is 0. The summed E-state index contributed by atoms with van der Waals surface area (Å²) in [6.07, 6.45) is 1.43. The molecule has 0 spiro atoms. The predicted molar refractivity (Wildman–Crippen MR) is 104 cm³/mol. The fourth-order valence-electron chi connectivity index (χ4n) is 2.52. The molecule has 1 aliphatic rings. The van der Waals surface area contributed by atoms with E-state index in [1.54, 1.807) is 30.3 Å². The first kappa shape index (κ1) is 17.8. The van der Waals surface area contributed by atoms with Crippen molar-refractivity contribution >= 4 is 40.4 Å². The normalized spacial score (nSPS) is 14.7. The van der Waals surface area contributed by atoms with Gasteiger partial charge in [-0.05, 0) is 58.5 Å². The maximum atomic E-state index is 14.3. The van der Waals surface area contributed by atoms with E-state index in [1.807, 2.05) is 11.0 Å². The highest BCUT2D eigenvalue weighted by Gasteiger charge is 2.15. The third-order valence-electron chi connectivity index (χ3n) is 3.79. The number of nitrogens with zero attached hydrogens (tertiary/aromatic N) is 2. The van der Waals surface area contributed by atoms with Crippen LogP contribution in [0.25, 0.3) is 0 Å². The Morgan fingerprint density at radius 2 is 2.04 bits per heavy atom. The number of hydrogen-bond donors (Lipinski definition) is 1. The van der Waals surface area contributed by atoms with Gasteiger partial charge in [0.25, 0.3) is 5.91 Å². The smallest absolute Gasteiger partial charge is 0.271 e. The highest BCUT2D eigenvalue weighted by molar-refractivity contribution is 14.1. The molecule has 0 unspecified atom stereocenters. The number of ether oxygens (including phenoxy) is 1. The van der Waals surface area contributed by atoms with Crippen LogP contribution in [0, 0.1) is 9.39 Å². The first-order valence-electron chi connectivity index (χ1n) is 7.85. The molecule has 5 nitrogen and oxygen atoms in total. The monoisotopic (exact) mass is 453 g/mol. The molecule has 1 N–H and O–H groups in total. The van der Waals surface area contributed by atoms with Gasteiger partial charge < -0.3 is 9.64 Å². The second-order valence-corrected chi connectivity index (χ2v) is 6.77. The van der Waals surface area contributed by atoms with Gasteiger partial charge in [0.1, 0.15) is 5.82 Å². The summed E-state index contributed by atoms with van der Waals surface area (Å²) >= 11 is 2.14. The number of benzene rings is 2. The van der Waals surface area contributed by atoms with Crippen LogP contribution in [-0.2, 0) is 4.74 Å². The fraction of sp³-hybridized carbons (Fsp3) is 0.222. The number of morpholine rings is 1. The molecule has 2 aromatic carbocycles. The van der Waals surface area contributed by atoms with Crippen molar-refractivity contribution < 1.29 is 13.9 Å². The van der Waals surface area contributed by atoms with E-state index in [-0.39, 0.29) is 11.7 Å². The quantitative estimate of drug-likeness (QED) is 0.440. The number of carbonyl (C=O) groups is 1. The van der Waals surface area contributed by atoms with Crippen LogP contribution in [0.5, 0.6) is 0 Å². The molecule has 0 radical (unpaired) electrons. The largest absolute Gasteiger partial charge is 0.378 e. The third-order valence-corrected chi connectivity index (χ3v) is 4.46. The van der Waals surface area contributed by atoms with Crippen LogP contribution in [0.1, 0.15) is 15.9 Å². The lowest BCUT2D eigenvalue weighted by Crippen LogP contribution is -2.36. The second-order valence-electron chi connectivity index (χ2n) is 5.52. The van der Waals surface area contributed by atoms with E-state index < -0.39 is 0 Å². The van der Waals surface area contributed by atoms with Gasteiger partial charge in [0.05, 0.1) is 25.1 Å². The standard InChI is InChI=1S/C18H17FIN3O2/c19-16-10-13(4-5-17(16)23-6-8-25-9-7-23)12-21-22-18(24)14-2-1-3-15(20)11-14/h1-5,10-12H,6-9H2,(H,22,24)/b21-12-. The third kappa shape index (κ3) is 4.76. The van der Waals surface area contributed by atoms with Gasteiger partial charge >= 0.3 is 0 Å². The molecule has 1 amide bonds. The number of anilines is 1. The van der Waals surface area contributed by atoms with Crippen molar-refractivity contribution in [1.29, 1.82) is 0 Å². The van der Waals surface area contributed by atoms with Crippen molar-refractivity contribution in [2.24, 2.45) is 5.10 Å². The van der Waals surface area contributed by atoms with E-state index in [4.69, 9.17) is 4.74 Å². The molecule has 0 aliphatic carbocycles. The Morgan fingerprint density at radius 1 is 1.24 bits per heavy atom. The molecule has 0 saturated carbocycles. The molecule has 3 rings (SSSR count). The van der Waals surface area contributed by atoms with Gasteiger partial charge in [-0.3, -0.25) is 4.79 Å². The van der Waals surface area contributed by atoms with Crippen molar-refractivity contribution in [3.63, 3.8) is 0 Å². The Hall–Kier alpha value is -2.00. The molecular weight excluding hydrogens is 436 g/mol. The Bertz CT molecular complexity index is 792. The minimum absolute atomic E-state index is 0.305. The Labute approximate surface area is 159 Å². The lowest BCUT2D eigenvalue weighted by molar-refractivity contribution is 0.0955. The average Bonchev–Trinajstić information content (AvgIpc) is 2.62. The van der Waals surface area contributed by atoms with Gasteiger partial charge in [-0.2, -0.15) is 5.10 Å². The van der Waals surface area contributed by atoms with Crippen molar-refractivity contribution in [2.45, 2.75) is 0 Å². The maximum Gasteiger partial charge on any atom is 0.271 e. The summed E-state index contributed by atoms with van der Waals surface area (Å²) in [6.45, 7) is 2.56. The van der Waals surface area contributed by atoms with Crippen LogP contribution >= 0.6 is 22.6 Å². The van der Waals surface area contributed by atoms with Crippen LogP contribution in [0.4, 0.5) is 10.1 Å². The van der Waals surface area contributed by atoms with Gasteiger partial charge in [0.2, 0.25) is 0 Å². The SMILES string of the molecule is O=C(N/N=C\c1ccc(N2CCOCC2)c(F)c1)c1cccc(I)c1. The molecule has 130 valence electrons. The van der Waals surface area contributed by atoms with Crippen molar-refractivity contribution in [1.82, 2.24) is 5.43 Å². The molecule has 1 heterocycles. The molecule has 0 aromatic heterocycles. The zero-order chi connectivity index (χ0) is 17.6. The maximum absolute atomic E-state index is 14.3. The number of amides is 1. The Kier molecular flexibility index (Phi) is 5.98. The fourth-order valence-corrected chi connectivity index (χ4v) is 3.07. The summed E-state index contributed by atoms with van der Waals surface area (Å²) in [5, 5.41) is 3.90. The molecule has 2 aromatic rings. The van der Waals surface area contributed by atoms with Crippen LogP contribution in [0.3, 0.4) is 0 Å². The van der Waals surface area contributed by atoms with Crippen molar-refractivity contribution in [3.05, 3.63) is 63.0 Å². The molecule has 1 saturated heterocycles. The predicted octanol–water partition coefficient (Wildman–Crippen LogP) is 3.03. The molecule has 7 heteroatoms. The van der Waals surface area contributed by atoms with E-state index in [1.165, 1.54) is 12.3 Å². The number of rotatable bonds is 4. The Morgan fingerprint density at radius 3 is 2.76 bits per heavy atom. The lowest BCUT2D eigenvalue weighted by Gasteiger charge is -2.29. The van der Waals surface area contributed by atoms with Crippen LogP contribution in [0.15, 0.2) is 47.6 Å². The van der Waals surface area contributed by atoms with E-state index in [0.717, 1.165) is 3.57 Å². The highest BCUT2D eigenvalue weighted by Crippen LogP contribution is 2.21.